The van der Waals surface area contributed by atoms with Gasteiger partial charge >= 0.3 is 0 Å². The molecule has 1 amide bonds. The third-order valence-corrected chi connectivity index (χ3v) is 5.76. The molecule has 1 heterocycles. The maximum Gasteiger partial charge on any atom is 0.260 e. The van der Waals surface area contributed by atoms with Crippen molar-refractivity contribution in [1.82, 2.24) is 9.88 Å². The summed E-state index contributed by atoms with van der Waals surface area (Å²) in [6.45, 7) is 3.92. The molecule has 3 rings (SSSR count). The summed E-state index contributed by atoms with van der Waals surface area (Å²) in [4.78, 5) is 21.2. The van der Waals surface area contributed by atoms with Crippen LogP contribution in [-0.2, 0) is 0 Å². The number of thiazole rings is 1. The molecule has 31 heavy (non-hydrogen) atoms. The number of halogens is 2. The molecule has 0 aliphatic heterocycles. The highest BCUT2D eigenvalue weighted by Crippen LogP contribution is 2.32. The van der Waals surface area contributed by atoms with Gasteiger partial charge in [-0.25, -0.2) is 13.8 Å². The molecule has 5 nitrogen and oxygen atoms in total. The number of anilines is 1. The Morgan fingerprint density at radius 1 is 1.10 bits per heavy atom. The predicted octanol–water partition coefficient (Wildman–Crippen LogP) is 5.35. The lowest BCUT2D eigenvalue weighted by Gasteiger charge is -2.21. The minimum absolute atomic E-state index is 0.0754. The fourth-order valence-electron chi connectivity index (χ4n) is 3.07. The van der Waals surface area contributed by atoms with Gasteiger partial charge in [-0.05, 0) is 63.8 Å². The molecule has 0 N–H and O–H groups in total. The summed E-state index contributed by atoms with van der Waals surface area (Å²) < 4.78 is 33.8. The molecule has 0 unspecified atom stereocenters. The first kappa shape index (κ1) is 23.1. The normalized spacial score (nSPS) is 11.3. The van der Waals surface area contributed by atoms with E-state index in [1.54, 1.807) is 29.2 Å². The maximum atomic E-state index is 14.2. The van der Waals surface area contributed by atoms with Crippen molar-refractivity contribution in [3.63, 3.8) is 0 Å². The number of aromatic nitrogens is 1. The monoisotopic (exact) mass is 447 g/mol. The van der Waals surface area contributed by atoms with Crippen molar-refractivity contribution in [3.05, 3.63) is 53.6 Å². The number of carbonyl (C=O) groups excluding carboxylic acids is 1. The van der Waals surface area contributed by atoms with E-state index in [0.29, 0.717) is 40.7 Å². The van der Waals surface area contributed by atoms with Crippen molar-refractivity contribution in [1.29, 1.82) is 0 Å². The van der Waals surface area contributed by atoms with Gasteiger partial charge in [0.25, 0.3) is 5.91 Å². The first-order valence-corrected chi connectivity index (χ1v) is 11.2. The molecule has 166 valence electrons. The van der Waals surface area contributed by atoms with Crippen LogP contribution in [0.4, 0.5) is 13.9 Å². The van der Waals surface area contributed by atoms with Gasteiger partial charge in [-0.1, -0.05) is 24.7 Å². The Morgan fingerprint density at radius 3 is 2.52 bits per heavy atom. The van der Waals surface area contributed by atoms with Crippen LogP contribution in [0.5, 0.6) is 5.75 Å². The van der Waals surface area contributed by atoms with Crippen LogP contribution >= 0.6 is 11.3 Å². The zero-order valence-electron chi connectivity index (χ0n) is 18.0. The Hall–Kier alpha value is -2.58. The van der Waals surface area contributed by atoms with Crippen molar-refractivity contribution >= 4 is 32.6 Å². The van der Waals surface area contributed by atoms with Crippen LogP contribution in [0.3, 0.4) is 0 Å². The number of hydrogen-bond acceptors (Lipinski definition) is 5. The van der Waals surface area contributed by atoms with Crippen molar-refractivity contribution in [3.8, 4) is 5.75 Å². The molecule has 0 aliphatic carbocycles. The topological polar surface area (TPSA) is 45.7 Å². The molecule has 8 heteroatoms. The molecule has 3 aromatic rings. The fraction of sp³-hybridized carbons (Fsp3) is 0.391. The van der Waals surface area contributed by atoms with E-state index in [-0.39, 0.29) is 11.4 Å². The number of carbonyl (C=O) groups is 1. The second-order valence-corrected chi connectivity index (χ2v) is 8.58. The third-order valence-electron chi connectivity index (χ3n) is 4.73. The molecular formula is C23H27F2N3O2S. The Morgan fingerprint density at radius 2 is 1.84 bits per heavy atom. The summed E-state index contributed by atoms with van der Waals surface area (Å²) in [5, 5.41) is 0.353. The quantitative estimate of drug-likeness (QED) is 0.393. The highest BCUT2D eigenvalue weighted by molar-refractivity contribution is 7.22. The van der Waals surface area contributed by atoms with Gasteiger partial charge in [-0.15, -0.1) is 0 Å². The van der Waals surface area contributed by atoms with Crippen LogP contribution in [-0.4, -0.2) is 49.6 Å². The highest BCUT2D eigenvalue weighted by atomic mass is 32.1. The summed E-state index contributed by atoms with van der Waals surface area (Å²) in [6.07, 6.45) is 2.73. The molecule has 2 aromatic carbocycles. The molecule has 0 atom stereocenters. The van der Waals surface area contributed by atoms with Gasteiger partial charge in [0.15, 0.2) is 10.9 Å². The average molecular weight is 448 g/mol. The molecule has 0 fully saturated rings. The highest BCUT2D eigenvalue weighted by Gasteiger charge is 2.22. The van der Waals surface area contributed by atoms with Crippen LogP contribution in [0.15, 0.2) is 36.4 Å². The van der Waals surface area contributed by atoms with Gasteiger partial charge in [0.1, 0.15) is 17.1 Å². The van der Waals surface area contributed by atoms with E-state index in [2.05, 4.69) is 11.9 Å². The zero-order chi connectivity index (χ0) is 22.4. The molecule has 0 saturated carbocycles. The lowest BCUT2D eigenvalue weighted by molar-refractivity contribution is 0.0986. The minimum Gasteiger partial charge on any atom is -0.494 e. The van der Waals surface area contributed by atoms with Crippen LogP contribution in [0.1, 0.15) is 36.5 Å². The van der Waals surface area contributed by atoms with E-state index in [4.69, 9.17) is 4.74 Å². The van der Waals surface area contributed by atoms with Crippen LogP contribution in [0.25, 0.3) is 10.2 Å². The number of fused-ring (bicyclic) bond motifs is 1. The Kier molecular flexibility index (Phi) is 7.92. The summed E-state index contributed by atoms with van der Waals surface area (Å²) in [5.41, 5.74) is 0.560. The number of amides is 1. The Bertz CT molecular complexity index is 1020. The second kappa shape index (κ2) is 10.6. The van der Waals surface area contributed by atoms with Crippen molar-refractivity contribution in [2.45, 2.75) is 26.2 Å². The van der Waals surface area contributed by atoms with Gasteiger partial charge in [-0.3, -0.25) is 9.69 Å². The standard InChI is InChI=1S/C23H27F2N3O2S/c1-4-5-13-30-18-9-7-16(8-10-18)22(29)28(12-6-11-27(2)3)23-26-21-19(25)14-17(24)15-20(21)31-23/h7-10,14-15H,4-6,11-13H2,1-3H3. The number of rotatable bonds is 10. The van der Waals surface area contributed by atoms with Crippen LogP contribution in [0, 0.1) is 11.6 Å². The fourth-order valence-corrected chi connectivity index (χ4v) is 4.10. The lowest BCUT2D eigenvalue weighted by atomic mass is 10.2. The van der Waals surface area contributed by atoms with Gasteiger partial charge < -0.3 is 9.64 Å². The molecule has 1 aromatic heterocycles. The first-order valence-electron chi connectivity index (χ1n) is 10.3. The molecule has 0 spiro atoms. The second-order valence-electron chi connectivity index (χ2n) is 7.57. The predicted molar refractivity (Wildman–Crippen MR) is 121 cm³/mol. The maximum absolute atomic E-state index is 14.2. The summed E-state index contributed by atoms with van der Waals surface area (Å²) in [7, 11) is 3.92. The van der Waals surface area contributed by atoms with Gasteiger partial charge in [0.05, 0.1) is 11.3 Å². The van der Waals surface area contributed by atoms with E-state index in [0.717, 1.165) is 36.8 Å². The number of nitrogens with zero attached hydrogens (tertiary/aromatic N) is 3. The van der Waals surface area contributed by atoms with Crippen molar-refractivity contribution in [2.24, 2.45) is 0 Å². The SMILES string of the molecule is CCCCOc1ccc(C(=O)N(CCCN(C)C)c2nc3c(F)cc(F)cc3s2)cc1. The third kappa shape index (κ3) is 5.98. The van der Waals surface area contributed by atoms with E-state index >= 15 is 0 Å². The molecule has 0 bridgehead atoms. The van der Waals surface area contributed by atoms with Crippen molar-refractivity contribution < 1.29 is 18.3 Å². The number of ether oxygens (including phenoxy) is 1. The number of benzene rings is 2. The van der Waals surface area contributed by atoms with Gasteiger partial charge in [-0.2, -0.15) is 0 Å². The zero-order valence-corrected chi connectivity index (χ0v) is 18.8. The van der Waals surface area contributed by atoms with Crippen LogP contribution < -0.4 is 9.64 Å². The van der Waals surface area contributed by atoms with Gasteiger partial charge in [0.2, 0.25) is 0 Å². The van der Waals surface area contributed by atoms with E-state index in [1.165, 1.54) is 6.07 Å². The molecular weight excluding hydrogens is 420 g/mol. The number of hydrogen-bond donors (Lipinski definition) is 0. The van der Waals surface area contributed by atoms with E-state index in [1.807, 2.05) is 19.0 Å². The average Bonchev–Trinajstić information content (AvgIpc) is 3.15. The van der Waals surface area contributed by atoms with Gasteiger partial charge in [0, 0.05) is 18.2 Å². The molecule has 0 saturated heterocycles. The Balaban J connectivity index is 1.86. The summed E-state index contributed by atoms with van der Waals surface area (Å²) in [5.74, 6) is -0.920. The lowest BCUT2D eigenvalue weighted by Crippen LogP contribution is -2.33. The minimum atomic E-state index is -0.730. The summed E-state index contributed by atoms with van der Waals surface area (Å²) in [6, 6.07) is 9.03. The summed E-state index contributed by atoms with van der Waals surface area (Å²) >= 11 is 1.11. The van der Waals surface area contributed by atoms with Crippen molar-refractivity contribution in [2.75, 3.05) is 38.7 Å². The Labute approximate surface area is 185 Å². The largest absolute Gasteiger partial charge is 0.494 e. The smallest absolute Gasteiger partial charge is 0.260 e. The molecule has 0 aliphatic rings. The van der Waals surface area contributed by atoms with Crippen LogP contribution in [0.2, 0.25) is 0 Å². The van der Waals surface area contributed by atoms with E-state index < -0.39 is 11.6 Å². The molecule has 0 radical (unpaired) electrons. The first-order chi connectivity index (χ1) is 14.9. The number of unbranched alkanes of at least 4 members (excludes halogenated alkanes) is 1. The van der Waals surface area contributed by atoms with E-state index in [9.17, 15) is 13.6 Å².